The second kappa shape index (κ2) is 10.6. The SMILES string of the molecule is C=CCOc1ccc([C@@H]2C(=C(O)c3c(C)[nH]c(C(=O)OC)c3C)C(=O)C(=O)N2CCN(C)C)cc1. The number of aromatic amines is 1. The number of ether oxygens (including phenoxy) is 2. The molecule has 1 aromatic heterocycles. The van der Waals surface area contributed by atoms with Crippen LogP contribution in [0.1, 0.15) is 38.9 Å². The van der Waals surface area contributed by atoms with Gasteiger partial charge < -0.3 is 29.4 Å². The molecule has 0 saturated carbocycles. The van der Waals surface area contributed by atoms with E-state index in [2.05, 4.69) is 11.6 Å². The molecule has 0 aliphatic carbocycles. The summed E-state index contributed by atoms with van der Waals surface area (Å²) in [5.41, 5.74) is 2.00. The van der Waals surface area contributed by atoms with Gasteiger partial charge in [0.2, 0.25) is 0 Å². The Kier molecular flexibility index (Phi) is 7.81. The maximum absolute atomic E-state index is 13.2. The zero-order valence-electron chi connectivity index (χ0n) is 20.7. The van der Waals surface area contributed by atoms with Crippen LogP contribution in [-0.2, 0) is 14.3 Å². The highest BCUT2D eigenvalue weighted by molar-refractivity contribution is 6.46. The number of rotatable bonds is 9. The monoisotopic (exact) mass is 481 g/mol. The first-order valence-electron chi connectivity index (χ1n) is 11.2. The number of ketones is 1. The molecule has 0 unspecified atom stereocenters. The third-order valence-corrected chi connectivity index (χ3v) is 5.96. The molecule has 0 radical (unpaired) electrons. The minimum absolute atomic E-state index is 0.0323. The summed E-state index contributed by atoms with van der Waals surface area (Å²) >= 11 is 0. The topological polar surface area (TPSA) is 112 Å². The number of amides is 1. The Hall–Kier alpha value is -3.85. The average molecular weight is 482 g/mol. The number of H-pyrrole nitrogens is 1. The van der Waals surface area contributed by atoms with E-state index in [1.54, 1.807) is 44.2 Å². The third kappa shape index (κ3) is 5.00. The van der Waals surface area contributed by atoms with E-state index in [-0.39, 0.29) is 23.6 Å². The number of carbonyl (C=O) groups is 3. The Morgan fingerprint density at radius 1 is 1.23 bits per heavy atom. The molecule has 1 amide bonds. The van der Waals surface area contributed by atoms with Crippen LogP contribution in [0.3, 0.4) is 0 Å². The predicted molar refractivity (Wildman–Crippen MR) is 131 cm³/mol. The van der Waals surface area contributed by atoms with Crippen LogP contribution in [0, 0.1) is 13.8 Å². The fraction of sp³-hybridized carbons (Fsp3) is 0.346. The summed E-state index contributed by atoms with van der Waals surface area (Å²) in [5.74, 6) is -1.79. The number of aromatic nitrogens is 1. The van der Waals surface area contributed by atoms with Gasteiger partial charge in [0.05, 0.1) is 18.7 Å². The van der Waals surface area contributed by atoms with E-state index in [1.807, 2.05) is 19.0 Å². The zero-order valence-corrected chi connectivity index (χ0v) is 20.7. The zero-order chi connectivity index (χ0) is 25.9. The summed E-state index contributed by atoms with van der Waals surface area (Å²) in [4.78, 5) is 44.7. The Morgan fingerprint density at radius 2 is 1.89 bits per heavy atom. The molecule has 186 valence electrons. The summed E-state index contributed by atoms with van der Waals surface area (Å²) in [6, 6.07) is 6.21. The van der Waals surface area contributed by atoms with E-state index in [1.165, 1.54) is 12.0 Å². The van der Waals surface area contributed by atoms with Crippen molar-refractivity contribution < 1.29 is 29.0 Å². The van der Waals surface area contributed by atoms with Crippen molar-refractivity contribution in [3.63, 3.8) is 0 Å². The number of benzene rings is 1. The highest BCUT2D eigenvalue weighted by Crippen LogP contribution is 2.41. The first-order valence-corrected chi connectivity index (χ1v) is 11.2. The first kappa shape index (κ1) is 25.8. The van der Waals surface area contributed by atoms with Crippen LogP contribution >= 0.6 is 0 Å². The second-order valence-corrected chi connectivity index (χ2v) is 8.58. The van der Waals surface area contributed by atoms with Crippen LogP contribution in [0.2, 0.25) is 0 Å². The fourth-order valence-corrected chi connectivity index (χ4v) is 4.21. The number of methoxy groups -OCH3 is 1. The van der Waals surface area contributed by atoms with Crippen LogP contribution in [0.25, 0.3) is 5.76 Å². The Labute approximate surface area is 204 Å². The maximum Gasteiger partial charge on any atom is 0.354 e. The number of aryl methyl sites for hydroxylation is 1. The molecular weight excluding hydrogens is 450 g/mol. The van der Waals surface area contributed by atoms with Crippen LogP contribution in [-0.4, -0.2) is 78.5 Å². The molecule has 2 heterocycles. The number of hydrogen-bond donors (Lipinski definition) is 2. The van der Waals surface area contributed by atoms with Crippen LogP contribution in [0.15, 0.2) is 42.5 Å². The van der Waals surface area contributed by atoms with E-state index in [0.29, 0.717) is 41.3 Å². The first-order chi connectivity index (χ1) is 16.6. The number of nitrogens with zero attached hydrogens (tertiary/aromatic N) is 2. The second-order valence-electron chi connectivity index (χ2n) is 8.58. The number of nitrogens with one attached hydrogen (secondary N) is 1. The maximum atomic E-state index is 13.2. The number of hydrogen-bond acceptors (Lipinski definition) is 7. The summed E-state index contributed by atoms with van der Waals surface area (Å²) in [6.45, 7) is 8.11. The van der Waals surface area contributed by atoms with Crippen molar-refractivity contribution in [3.8, 4) is 5.75 Å². The minimum atomic E-state index is -0.807. The van der Waals surface area contributed by atoms with Gasteiger partial charge in [-0.3, -0.25) is 9.59 Å². The number of esters is 1. The van der Waals surface area contributed by atoms with Gasteiger partial charge in [0.15, 0.2) is 0 Å². The average Bonchev–Trinajstić information content (AvgIpc) is 3.27. The van der Waals surface area contributed by atoms with Crippen molar-refractivity contribution in [3.05, 3.63) is 70.6 Å². The highest BCUT2D eigenvalue weighted by atomic mass is 16.5. The van der Waals surface area contributed by atoms with Gasteiger partial charge in [-0.25, -0.2) is 4.79 Å². The van der Waals surface area contributed by atoms with E-state index in [4.69, 9.17) is 9.47 Å². The van der Waals surface area contributed by atoms with Crippen molar-refractivity contribution in [1.29, 1.82) is 0 Å². The van der Waals surface area contributed by atoms with E-state index in [0.717, 1.165) is 0 Å². The van der Waals surface area contributed by atoms with Gasteiger partial charge in [-0.1, -0.05) is 24.8 Å². The van der Waals surface area contributed by atoms with Crippen molar-refractivity contribution in [2.45, 2.75) is 19.9 Å². The van der Waals surface area contributed by atoms with Crippen molar-refractivity contribution in [1.82, 2.24) is 14.8 Å². The van der Waals surface area contributed by atoms with Crippen LogP contribution in [0.5, 0.6) is 5.75 Å². The van der Waals surface area contributed by atoms with E-state index in [9.17, 15) is 19.5 Å². The molecule has 1 saturated heterocycles. The van der Waals surface area contributed by atoms with Gasteiger partial charge in [0.25, 0.3) is 11.7 Å². The molecular formula is C26H31N3O6. The van der Waals surface area contributed by atoms with Gasteiger partial charge in [0.1, 0.15) is 23.8 Å². The van der Waals surface area contributed by atoms with Gasteiger partial charge >= 0.3 is 5.97 Å². The van der Waals surface area contributed by atoms with Gasteiger partial charge in [-0.15, -0.1) is 0 Å². The van der Waals surface area contributed by atoms with Gasteiger partial charge in [-0.05, 0) is 51.2 Å². The summed E-state index contributed by atoms with van der Waals surface area (Å²) in [5, 5.41) is 11.4. The molecule has 1 fully saturated rings. The number of carbonyl (C=O) groups excluding carboxylic acids is 3. The fourth-order valence-electron chi connectivity index (χ4n) is 4.21. The van der Waals surface area contributed by atoms with Crippen LogP contribution < -0.4 is 4.74 Å². The lowest BCUT2D eigenvalue weighted by Crippen LogP contribution is -2.35. The van der Waals surface area contributed by atoms with Crippen molar-refractivity contribution in [2.75, 3.05) is 40.9 Å². The number of likely N-dealkylation sites (tertiary alicyclic amines) is 1. The van der Waals surface area contributed by atoms with Crippen molar-refractivity contribution in [2.24, 2.45) is 0 Å². The quantitative estimate of drug-likeness (QED) is 0.186. The minimum Gasteiger partial charge on any atom is -0.507 e. The van der Waals surface area contributed by atoms with E-state index >= 15 is 0 Å². The predicted octanol–water partition coefficient (Wildman–Crippen LogP) is 2.97. The van der Waals surface area contributed by atoms with Crippen LogP contribution in [0.4, 0.5) is 0 Å². The lowest BCUT2D eigenvalue weighted by atomic mass is 9.94. The number of aliphatic hydroxyl groups excluding tert-OH is 1. The molecule has 2 aromatic rings. The normalized spacial score (nSPS) is 17.2. The molecule has 3 rings (SSSR count). The molecule has 2 N–H and O–H groups in total. The molecule has 9 heteroatoms. The molecule has 1 atom stereocenters. The molecule has 9 nitrogen and oxygen atoms in total. The smallest absolute Gasteiger partial charge is 0.354 e. The molecule has 1 aliphatic rings. The highest BCUT2D eigenvalue weighted by Gasteiger charge is 2.46. The number of likely N-dealkylation sites (N-methyl/N-ethyl adjacent to an activating group) is 1. The largest absolute Gasteiger partial charge is 0.507 e. The summed E-state index contributed by atoms with van der Waals surface area (Å²) in [7, 11) is 5.01. The Morgan fingerprint density at radius 3 is 2.46 bits per heavy atom. The van der Waals surface area contributed by atoms with E-state index < -0.39 is 23.7 Å². The molecule has 0 spiro atoms. The molecule has 1 aromatic carbocycles. The van der Waals surface area contributed by atoms with Crippen molar-refractivity contribution >= 4 is 23.4 Å². The number of Topliss-reactive ketones (excluding diaryl/α,β-unsaturated/α-hetero) is 1. The summed E-state index contributed by atoms with van der Waals surface area (Å²) < 4.78 is 10.4. The number of aliphatic hydroxyl groups is 1. The lowest BCUT2D eigenvalue weighted by molar-refractivity contribution is -0.140. The Bertz CT molecular complexity index is 1180. The molecule has 0 bridgehead atoms. The standard InChI is InChI=1S/C26H31N3O6/c1-7-14-35-18-10-8-17(9-11-18)22-20(24(31)25(32)29(22)13-12-28(4)5)23(30)19-15(2)21(26(33)34-6)27-16(19)3/h7-11,22,27,30H,1,12-14H2,2-6H3/t22-/m1/s1. The molecule has 1 aliphatic heterocycles. The Balaban J connectivity index is 2.17. The summed E-state index contributed by atoms with van der Waals surface area (Å²) in [6.07, 6.45) is 1.63. The molecule has 35 heavy (non-hydrogen) atoms. The van der Waals surface area contributed by atoms with Gasteiger partial charge in [-0.2, -0.15) is 0 Å². The van der Waals surface area contributed by atoms with Gasteiger partial charge in [0, 0.05) is 24.3 Å². The lowest BCUT2D eigenvalue weighted by Gasteiger charge is -2.26. The third-order valence-electron chi connectivity index (χ3n) is 5.96.